The zero-order chi connectivity index (χ0) is 17.2. The van der Waals surface area contributed by atoms with Crippen molar-refractivity contribution >= 4 is 11.9 Å². The molecule has 0 unspecified atom stereocenters. The molecule has 0 spiro atoms. The molecule has 0 saturated carbocycles. The van der Waals surface area contributed by atoms with Crippen LogP contribution in [0.2, 0.25) is 0 Å². The minimum absolute atomic E-state index is 0.196. The molecule has 0 aliphatic carbocycles. The number of aromatic carboxylic acids is 1. The monoisotopic (exact) mass is 341 g/mol. The van der Waals surface area contributed by atoms with Crippen LogP contribution < -0.4 is 4.90 Å². The van der Waals surface area contributed by atoms with Gasteiger partial charge in [-0.1, -0.05) is 0 Å². The molecule has 2 aliphatic heterocycles. The number of anilines is 1. The smallest absolute Gasteiger partial charge is 0.335 e. The largest absolute Gasteiger partial charge is 0.478 e. The Labute approximate surface area is 145 Å². The predicted octanol–water partition coefficient (Wildman–Crippen LogP) is 0.758. The summed E-state index contributed by atoms with van der Waals surface area (Å²) in [5.74, 6) is -0.321. The van der Waals surface area contributed by atoms with E-state index >= 15 is 0 Å². The fourth-order valence-corrected chi connectivity index (χ4v) is 3.14. The summed E-state index contributed by atoms with van der Waals surface area (Å²) in [7, 11) is 0. The summed E-state index contributed by atoms with van der Waals surface area (Å²) in [5.41, 5.74) is 1.36. The normalized spacial score (nSPS) is 18.8. The summed E-state index contributed by atoms with van der Waals surface area (Å²) in [5, 5.41) is 9.12. The number of carboxylic acids is 1. The average molecular weight is 341 g/mol. The second kappa shape index (κ2) is 6.73. The van der Waals surface area contributed by atoms with Crippen molar-refractivity contribution < 1.29 is 14.6 Å². The SMILES string of the molecule is O=C(O)c1ccnc(-c2ccnc(N3CC(N4CCOCC4)C3)n2)c1. The second-order valence-electron chi connectivity index (χ2n) is 6.18. The summed E-state index contributed by atoms with van der Waals surface area (Å²) in [6.07, 6.45) is 3.17. The third-order valence-electron chi connectivity index (χ3n) is 4.62. The number of pyridine rings is 1. The van der Waals surface area contributed by atoms with Gasteiger partial charge in [0.25, 0.3) is 0 Å². The van der Waals surface area contributed by atoms with Crippen LogP contribution in [0.25, 0.3) is 11.4 Å². The van der Waals surface area contributed by atoms with E-state index in [0.717, 1.165) is 39.4 Å². The lowest BCUT2D eigenvalue weighted by Crippen LogP contribution is -2.62. The lowest BCUT2D eigenvalue weighted by atomic mass is 10.1. The van der Waals surface area contributed by atoms with Gasteiger partial charge in [-0.15, -0.1) is 0 Å². The van der Waals surface area contributed by atoms with Crippen LogP contribution in [0.5, 0.6) is 0 Å². The summed E-state index contributed by atoms with van der Waals surface area (Å²) in [6.45, 7) is 5.34. The molecule has 0 aromatic carbocycles. The minimum Gasteiger partial charge on any atom is -0.478 e. The van der Waals surface area contributed by atoms with Gasteiger partial charge >= 0.3 is 5.97 Å². The highest BCUT2D eigenvalue weighted by Gasteiger charge is 2.34. The summed E-state index contributed by atoms with van der Waals surface area (Å²) < 4.78 is 5.39. The highest BCUT2D eigenvalue weighted by atomic mass is 16.5. The molecule has 0 atom stereocenters. The first-order valence-electron chi connectivity index (χ1n) is 8.30. The van der Waals surface area contributed by atoms with Crippen LogP contribution in [0.4, 0.5) is 5.95 Å². The van der Waals surface area contributed by atoms with Crippen LogP contribution in [0.15, 0.2) is 30.6 Å². The van der Waals surface area contributed by atoms with Gasteiger partial charge in [0.1, 0.15) is 0 Å². The van der Waals surface area contributed by atoms with E-state index in [1.807, 2.05) is 0 Å². The van der Waals surface area contributed by atoms with Crippen molar-refractivity contribution in [1.29, 1.82) is 0 Å². The number of nitrogens with zero attached hydrogens (tertiary/aromatic N) is 5. The van der Waals surface area contributed by atoms with Gasteiger partial charge in [0.15, 0.2) is 0 Å². The molecule has 25 heavy (non-hydrogen) atoms. The molecule has 2 aromatic heterocycles. The molecule has 2 aromatic rings. The Balaban J connectivity index is 1.47. The minimum atomic E-state index is -0.978. The zero-order valence-electron chi connectivity index (χ0n) is 13.7. The molecule has 8 heteroatoms. The van der Waals surface area contributed by atoms with E-state index in [-0.39, 0.29) is 5.56 Å². The first-order chi connectivity index (χ1) is 12.2. The number of hydrogen-bond donors (Lipinski definition) is 1. The van der Waals surface area contributed by atoms with Gasteiger partial charge in [0.05, 0.1) is 30.2 Å². The van der Waals surface area contributed by atoms with Gasteiger partial charge < -0.3 is 14.7 Å². The Morgan fingerprint density at radius 2 is 1.88 bits per heavy atom. The van der Waals surface area contributed by atoms with Crippen molar-refractivity contribution in [1.82, 2.24) is 19.9 Å². The fraction of sp³-hybridized carbons (Fsp3) is 0.412. The van der Waals surface area contributed by atoms with Gasteiger partial charge in [-0.3, -0.25) is 9.88 Å². The van der Waals surface area contributed by atoms with Crippen LogP contribution in [0, 0.1) is 0 Å². The lowest BCUT2D eigenvalue weighted by Gasteiger charge is -2.46. The van der Waals surface area contributed by atoms with E-state index in [4.69, 9.17) is 9.84 Å². The van der Waals surface area contributed by atoms with E-state index in [9.17, 15) is 4.79 Å². The second-order valence-corrected chi connectivity index (χ2v) is 6.18. The molecular weight excluding hydrogens is 322 g/mol. The highest BCUT2D eigenvalue weighted by molar-refractivity contribution is 5.88. The summed E-state index contributed by atoms with van der Waals surface area (Å²) >= 11 is 0. The third-order valence-corrected chi connectivity index (χ3v) is 4.62. The van der Waals surface area contributed by atoms with Crippen LogP contribution in [-0.4, -0.2) is 76.4 Å². The maximum atomic E-state index is 11.1. The zero-order valence-corrected chi connectivity index (χ0v) is 13.7. The number of aromatic nitrogens is 3. The molecule has 2 aliphatic rings. The van der Waals surface area contributed by atoms with Crippen molar-refractivity contribution in [2.75, 3.05) is 44.3 Å². The van der Waals surface area contributed by atoms with E-state index in [0.29, 0.717) is 23.4 Å². The van der Waals surface area contributed by atoms with Crippen molar-refractivity contribution in [2.24, 2.45) is 0 Å². The first kappa shape index (κ1) is 15.9. The quantitative estimate of drug-likeness (QED) is 0.871. The molecule has 2 saturated heterocycles. The van der Waals surface area contributed by atoms with Gasteiger partial charge in [-0.25, -0.2) is 14.8 Å². The van der Waals surface area contributed by atoms with E-state index in [2.05, 4.69) is 24.8 Å². The number of morpholine rings is 1. The molecule has 0 bridgehead atoms. The van der Waals surface area contributed by atoms with Crippen LogP contribution in [0.1, 0.15) is 10.4 Å². The summed E-state index contributed by atoms with van der Waals surface area (Å²) in [4.78, 5) is 28.8. The van der Waals surface area contributed by atoms with Gasteiger partial charge in [-0.05, 0) is 18.2 Å². The number of hydrogen-bond acceptors (Lipinski definition) is 7. The summed E-state index contributed by atoms with van der Waals surface area (Å²) in [6, 6.07) is 5.26. The molecule has 130 valence electrons. The fourth-order valence-electron chi connectivity index (χ4n) is 3.14. The van der Waals surface area contributed by atoms with Crippen molar-refractivity contribution in [3.63, 3.8) is 0 Å². The van der Waals surface area contributed by atoms with Gasteiger partial charge in [-0.2, -0.15) is 0 Å². The average Bonchev–Trinajstić information content (AvgIpc) is 2.62. The third kappa shape index (κ3) is 3.31. The molecule has 0 radical (unpaired) electrons. The number of carboxylic acid groups (broad SMARTS) is 1. The molecule has 0 amide bonds. The van der Waals surface area contributed by atoms with E-state index in [1.54, 1.807) is 12.3 Å². The molecule has 8 nitrogen and oxygen atoms in total. The Bertz CT molecular complexity index is 772. The first-order valence-corrected chi connectivity index (χ1v) is 8.30. The molecule has 1 N–H and O–H groups in total. The Morgan fingerprint density at radius 1 is 1.12 bits per heavy atom. The maximum Gasteiger partial charge on any atom is 0.335 e. The number of rotatable bonds is 4. The molecule has 4 heterocycles. The molecule has 4 rings (SSSR count). The lowest BCUT2D eigenvalue weighted by molar-refractivity contribution is 0.0103. The Morgan fingerprint density at radius 3 is 2.64 bits per heavy atom. The maximum absolute atomic E-state index is 11.1. The highest BCUT2D eigenvalue weighted by Crippen LogP contribution is 2.23. The predicted molar refractivity (Wildman–Crippen MR) is 90.6 cm³/mol. The Kier molecular flexibility index (Phi) is 4.29. The van der Waals surface area contributed by atoms with E-state index in [1.165, 1.54) is 18.3 Å². The van der Waals surface area contributed by atoms with Crippen molar-refractivity contribution in [3.8, 4) is 11.4 Å². The topological polar surface area (TPSA) is 91.7 Å². The number of carbonyl (C=O) groups is 1. The van der Waals surface area contributed by atoms with Crippen molar-refractivity contribution in [3.05, 3.63) is 36.2 Å². The van der Waals surface area contributed by atoms with Crippen LogP contribution in [-0.2, 0) is 4.74 Å². The Hall–Kier alpha value is -2.58. The van der Waals surface area contributed by atoms with Crippen LogP contribution >= 0.6 is 0 Å². The van der Waals surface area contributed by atoms with Crippen molar-refractivity contribution in [2.45, 2.75) is 6.04 Å². The van der Waals surface area contributed by atoms with Gasteiger partial charge in [0.2, 0.25) is 5.95 Å². The number of ether oxygens (including phenoxy) is 1. The van der Waals surface area contributed by atoms with Gasteiger partial charge in [0, 0.05) is 44.6 Å². The van der Waals surface area contributed by atoms with E-state index < -0.39 is 5.97 Å². The van der Waals surface area contributed by atoms with Crippen LogP contribution in [0.3, 0.4) is 0 Å². The molecular formula is C17H19N5O3. The molecule has 2 fully saturated rings. The standard InChI is InChI=1S/C17H19N5O3/c23-16(24)12-1-3-18-15(9-12)14-2-4-19-17(20-14)22-10-13(11-22)21-5-7-25-8-6-21/h1-4,9,13H,5-8,10-11H2,(H,23,24).